The summed E-state index contributed by atoms with van der Waals surface area (Å²) < 4.78 is 15.9. The minimum absolute atomic E-state index is 0.126. The lowest BCUT2D eigenvalue weighted by Gasteiger charge is -2.06. The molecule has 0 saturated heterocycles. The van der Waals surface area contributed by atoms with Crippen molar-refractivity contribution in [2.24, 2.45) is 0 Å². The van der Waals surface area contributed by atoms with Crippen LogP contribution in [0.2, 0.25) is 0 Å². The van der Waals surface area contributed by atoms with Crippen LogP contribution in [0.1, 0.15) is 31.8 Å². The summed E-state index contributed by atoms with van der Waals surface area (Å²) in [6, 6.07) is 19.2. The fraction of sp³-hybridized carbons (Fsp3) is 0.0833. The first kappa shape index (κ1) is 18.5. The van der Waals surface area contributed by atoms with Crippen LogP contribution < -0.4 is 14.2 Å². The number of ketones is 1. The van der Waals surface area contributed by atoms with Gasteiger partial charge in [-0.3, -0.25) is 4.79 Å². The number of carbonyl (C=O) groups is 2. The molecule has 0 saturated carbocycles. The fourth-order valence-electron chi connectivity index (χ4n) is 2.82. The van der Waals surface area contributed by atoms with Gasteiger partial charge in [-0.15, -0.1) is 0 Å². The molecular weight excluding hydrogens is 368 g/mol. The number of esters is 1. The molecule has 0 bridgehead atoms. The second-order valence-electron chi connectivity index (χ2n) is 6.59. The summed E-state index contributed by atoms with van der Waals surface area (Å²) >= 11 is 0. The first-order chi connectivity index (χ1) is 14.1. The van der Waals surface area contributed by atoms with Crippen LogP contribution in [-0.2, 0) is 0 Å². The van der Waals surface area contributed by atoms with Gasteiger partial charge in [0.2, 0.25) is 6.79 Å². The van der Waals surface area contributed by atoms with Crippen molar-refractivity contribution in [3.05, 3.63) is 95.1 Å². The van der Waals surface area contributed by atoms with Gasteiger partial charge in [-0.2, -0.15) is 0 Å². The van der Waals surface area contributed by atoms with E-state index in [-0.39, 0.29) is 12.6 Å². The molecule has 0 fully saturated rings. The fourth-order valence-corrected chi connectivity index (χ4v) is 2.82. The van der Waals surface area contributed by atoms with Crippen LogP contribution in [0.3, 0.4) is 0 Å². The quantitative estimate of drug-likeness (QED) is 0.272. The minimum atomic E-state index is -0.512. The maximum Gasteiger partial charge on any atom is 0.343 e. The monoisotopic (exact) mass is 386 g/mol. The summed E-state index contributed by atoms with van der Waals surface area (Å²) in [5.74, 6) is 0.830. The van der Waals surface area contributed by atoms with Gasteiger partial charge in [0.1, 0.15) is 5.75 Å². The molecule has 0 radical (unpaired) electrons. The molecule has 0 atom stereocenters. The molecule has 1 heterocycles. The van der Waals surface area contributed by atoms with Gasteiger partial charge < -0.3 is 14.2 Å². The van der Waals surface area contributed by atoms with Crippen molar-refractivity contribution in [3.8, 4) is 17.2 Å². The average Bonchev–Trinajstić information content (AvgIpc) is 3.21. The number of benzene rings is 3. The Balaban J connectivity index is 1.40. The minimum Gasteiger partial charge on any atom is -0.454 e. The number of aryl methyl sites for hydroxylation is 1. The molecule has 0 aromatic heterocycles. The number of ether oxygens (including phenoxy) is 3. The van der Waals surface area contributed by atoms with E-state index in [1.165, 1.54) is 11.6 Å². The van der Waals surface area contributed by atoms with E-state index in [2.05, 4.69) is 0 Å². The lowest BCUT2D eigenvalue weighted by molar-refractivity contribution is 0.0734. The lowest BCUT2D eigenvalue weighted by Crippen LogP contribution is -2.08. The van der Waals surface area contributed by atoms with Gasteiger partial charge in [-0.1, -0.05) is 35.9 Å². The number of allylic oxidation sites excluding steroid dienone is 1. The van der Waals surface area contributed by atoms with Gasteiger partial charge in [-0.25, -0.2) is 4.79 Å². The zero-order valence-electron chi connectivity index (χ0n) is 15.8. The molecule has 0 amide bonds. The highest BCUT2D eigenvalue weighted by Gasteiger charge is 2.17. The number of rotatable bonds is 5. The molecular formula is C24H18O5. The average molecular weight is 386 g/mol. The Bertz CT molecular complexity index is 1080. The SMILES string of the molecule is Cc1ccc(/C=C/C(=O)c2ccc(OC(=O)c3ccc4c(c3)OCO4)cc2)cc1. The van der Waals surface area contributed by atoms with Crippen molar-refractivity contribution in [1.82, 2.24) is 0 Å². The summed E-state index contributed by atoms with van der Waals surface area (Å²) in [6.07, 6.45) is 3.30. The third-order valence-corrected chi connectivity index (χ3v) is 4.46. The summed E-state index contributed by atoms with van der Waals surface area (Å²) in [6.45, 7) is 2.15. The molecule has 3 aromatic rings. The van der Waals surface area contributed by atoms with Gasteiger partial charge in [0.25, 0.3) is 0 Å². The highest BCUT2D eigenvalue weighted by atomic mass is 16.7. The third-order valence-electron chi connectivity index (χ3n) is 4.46. The Morgan fingerprint density at radius 2 is 1.55 bits per heavy atom. The van der Waals surface area contributed by atoms with E-state index in [0.717, 1.165) is 5.56 Å². The van der Waals surface area contributed by atoms with Crippen molar-refractivity contribution >= 4 is 17.8 Å². The summed E-state index contributed by atoms with van der Waals surface area (Å²) in [5.41, 5.74) is 2.99. The van der Waals surface area contributed by atoms with Crippen molar-refractivity contribution < 1.29 is 23.8 Å². The predicted molar refractivity (Wildman–Crippen MR) is 109 cm³/mol. The Hall–Kier alpha value is -3.86. The van der Waals surface area contributed by atoms with Gasteiger partial charge in [0.15, 0.2) is 17.3 Å². The molecule has 0 spiro atoms. The van der Waals surface area contributed by atoms with Gasteiger partial charge >= 0.3 is 5.97 Å². The van der Waals surface area contributed by atoms with E-state index in [4.69, 9.17) is 14.2 Å². The van der Waals surface area contributed by atoms with Crippen LogP contribution in [0.4, 0.5) is 0 Å². The molecule has 0 unspecified atom stereocenters. The van der Waals surface area contributed by atoms with Crippen LogP contribution in [0.15, 0.2) is 72.8 Å². The lowest BCUT2D eigenvalue weighted by atomic mass is 10.1. The molecule has 4 rings (SSSR count). The van der Waals surface area contributed by atoms with Crippen LogP contribution in [0, 0.1) is 6.92 Å². The molecule has 29 heavy (non-hydrogen) atoms. The Labute approximate surface area is 168 Å². The largest absolute Gasteiger partial charge is 0.454 e. The van der Waals surface area contributed by atoms with Crippen LogP contribution >= 0.6 is 0 Å². The zero-order chi connectivity index (χ0) is 20.2. The highest BCUT2D eigenvalue weighted by molar-refractivity contribution is 6.06. The van der Waals surface area contributed by atoms with E-state index in [9.17, 15) is 9.59 Å². The number of hydrogen-bond acceptors (Lipinski definition) is 5. The molecule has 0 aliphatic carbocycles. The Morgan fingerprint density at radius 3 is 2.31 bits per heavy atom. The number of carbonyl (C=O) groups excluding carboxylic acids is 2. The molecule has 0 N–H and O–H groups in total. The van der Waals surface area contributed by atoms with Crippen LogP contribution in [0.25, 0.3) is 6.08 Å². The van der Waals surface area contributed by atoms with Crippen molar-refractivity contribution in [3.63, 3.8) is 0 Å². The summed E-state index contributed by atoms with van der Waals surface area (Å²) in [5, 5.41) is 0. The van der Waals surface area contributed by atoms with E-state index in [1.54, 1.807) is 48.5 Å². The number of hydrogen-bond donors (Lipinski definition) is 0. The second-order valence-corrected chi connectivity index (χ2v) is 6.59. The van der Waals surface area contributed by atoms with E-state index in [1.807, 2.05) is 31.2 Å². The summed E-state index contributed by atoms with van der Waals surface area (Å²) in [7, 11) is 0. The van der Waals surface area contributed by atoms with Gasteiger partial charge in [-0.05, 0) is 61.0 Å². The summed E-state index contributed by atoms with van der Waals surface area (Å²) in [4.78, 5) is 24.6. The number of fused-ring (bicyclic) bond motifs is 1. The molecule has 144 valence electrons. The predicted octanol–water partition coefficient (Wildman–Crippen LogP) is 4.84. The normalized spacial score (nSPS) is 12.2. The Morgan fingerprint density at radius 1 is 0.862 bits per heavy atom. The first-order valence-corrected chi connectivity index (χ1v) is 9.09. The zero-order valence-corrected chi connectivity index (χ0v) is 15.8. The van der Waals surface area contributed by atoms with Crippen molar-refractivity contribution in [2.45, 2.75) is 6.92 Å². The van der Waals surface area contributed by atoms with E-state index < -0.39 is 5.97 Å². The Kier molecular flexibility index (Phi) is 5.12. The maximum atomic E-state index is 12.3. The van der Waals surface area contributed by atoms with Gasteiger partial charge in [0.05, 0.1) is 5.56 Å². The van der Waals surface area contributed by atoms with Crippen LogP contribution in [-0.4, -0.2) is 18.5 Å². The molecule has 5 nitrogen and oxygen atoms in total. The van der Waals surface area contributed by atoms with E-state index >= 15 is 0 Å². The standard InChI is InChI=1S/C24H18O5/c1-16-2-4-17(5-3-16)6-12-21(25)18-7-10-20(11-8-18)29-24(26)19-9-13-22-23(14-19)28-15-27-22/h2-14H,15H2,1H3/b12-6+. The van der Waals surface area contributed by atoms with E-state index in [0.29, 0.717) is 28.4 Å². The molecule has 5 heteroatoms. The molecule has 3 aromatic carbocycles. The van der Waals surface area contributed by atoms with Crippen LogP contribution in [0.5, 0.6) is 17.2 Å². The van der Waals surface area contributed by atoms with Crippen molar-refractivity contribution in [2.75, 3.05) is 6.79 Å². The molecule has 1 aliphatic heterocycles. The highest BCUT2D eigenvalue weighted by Crippen LogP contribution is 2.32. The molecule has 1 aliphatic rings. The maximum absolute atomic E-state index is 12.3. The third kappa shape index (κ3) is 4.35. The first-order valence-electron chi connectivity index (χ1n) is 9.09. The second kappa shape index (κ2) is 8.02. The van der Waals surface area contributed by atoms with Gasteiger partial charge in [0, 0.05) is 5.56 Å². The smallest absolute Gasteiger partial charge is 0.343 e. The van der Waals surface area contributed by atoms with Crippen molar-refractivity contribution in [1.29, 1.82) is 0 Å². The topological polar surface area (TPSA) is 61.8 Å².